The lowest BCUT2D eigenvalue weighted by Crippen LogP contribution is -2.35. The van der Waals surface area contributed by atoms with Gasteiger partial charge in [0.1, 0.15) is 6.07 Å². The monoisotopic (exact) mass is 407 g/mol. The van der Waals surface area contributed by atoms with Crippen LogP contribution in [0.15, 0.2) is 48.9 Å². The molecule has 0 saturated carbocycles. The largest absolute Gasteiger partial charge is 0.371 e. The van der Waals surface area contributed by atoms with Gasteiger partial charge >= 0.3 is 0 Å². The number of aromatic nitrogens is 5. The summed E-state index contributed by atoms with van der Waals surface area (Å²) in [6, 6.07) is 13.2. The first kappa shape index (κ1) is 18.5. The number of fused-ring (bicyclic) bond motifs is 1. The molecule has 1 aromatic carbocycles. The van der Waals surface area contributed by atoms with E-state index in [9.17, 15) is 10.5 Å². The van der Waals surface area contributed by atoms with Crippen LogP contribution in [0.3, 0.4) is 0 Å². The highest BCUT2D eigenvalue weighted by molar-refractivity contribution is 6.29. The van der Waals surface area contributed by atoms with Gasteiger partial charge in [0.2, 0.25) is 5.82 Å². The number of nitrogens with zero attached hydrogens (tertiary/aromatic N) is 6. The van der Waals surface area contributed by atoms with Crippen molar-refractivity contribution in [3.05, 3.63) is 65.2 Å². The van der Waals surface area contributed by atoms with Crippen LogP contribution < -0.4 is 15.8 Å². The Balaban J connectivity index is 1.83. The minimum Gasteiger partial charge on any atom is -0.371 e. The van der Waals surface area contributed by atoms with E-state index in [-0.39, 0.29) is 23.2 Å². The van der Waals surface area contributed by atoms with E-state index < -0.39 is 0 Å². The van der Waals surface area contributed by atoms with Gasteiger partial charge in [-0.05, 0) is 13.0 Å². The average Bonchev–Trinajstić information content (AvgIpc) is 3.10. The predicted octanol–water partition coefficient (Wildman–Crippen LogP) is 2.60. The van der Waals surface area contributed by atoms with Crippen LogP contribution in [-0.4, -0.2) is 24.8 Å². The minimum absolute atomic E-state index is 0.0426. The van der Waals surface area contributed by atoms with Crippen LogP contribution in [0.25, 0.3) is 16.9 Å². The van der Waals surface area contributed by atoms with Gasteiger partial charge < -0.3 is 16.3 Å². The molecule has 0 aliphatic rings. The number of imidazole rings is 1. The Bertz CT molecular complexity index is 1250. The van der Waals surface area contributed by atoms with E-state index >= 15 is 0 Å². The Hall–Kier alpha value is -3.90. The summed E-state index contributed by atoms with van der Waals surface area (Å²) in [7, 11) is 0. The highest BCUT2D eigenvalue weighted by Gasteiger charge is 2.23. The second-order valence-electron chi connectivity index (χ2n) is 6.34. The molecule has 29 heavy (non-hydrogen) atoms. The standard InChI is InChI=1S/C19H15ClN8O/c1-11(25-19-14(8-21)18(22)27(29)10-24-19)13-7-16-23-9-15(20)28(16)26-17(13)12-5-3-2-4-6-12/h2-7,9-11,29H,1H3,(H2,22,25)/p+1/t11-/m0/s1. The zero-order valence-electron chi connectivity index (χ0n) is 15.3. The molecule has 0 saturated heterocycles. The number of hydrogen-bond donors (Lipinski definition) is 3. The van der Waals surface area contributed by atoms with Crippen molar-refractivity contribution >= 4 is 28.9 Å². The SMILES string of the molecule is C[C@H](Nc1nc[n+](O)c(N)c1C#N)c1cc2ncc(Cl)n2nc1-c1ccccc1. The number of hydrogen-bond acceptors (Lipinski definition) is 7. The molecule has 4 N–H and O–H groups in total. The molecule has 144 valence electrons. The Morgan fingerprint density at radius 1 is 1.31 bits per heavy atom. The lowest BCUT2D eigenvalue weighted by atomic mass is 10.0. The van der Waals surface area contributed by atoms with Gasteiger partial charge in [-0.15, -0.1) is 0 Å². The summed E-state index contributed by atoms with van der Waals surface area (Å²) in [6.45, 7) is 1.91. The molecule has 0 bridgehead atoms. The summed E-state index contributed by atoms with van der Waals surface area (Å²) in [4.78, 5) is 8.36. The molecule has 4 rings (SSSR count). The van der Waals surface area contributed by atoms with Crippen molar-refractivity contribution in [3.8, 4) is 17.3 Å². The Labute approximate surface area is 170 Å². The van der Waals surface area contributed by atoms with Crippen LogP contribution >= 0.6 is 11.6 Å². The van der Waals surface area contributed by atoms with E-state index in [1.165, 1.54) is 6.20 Å². The molecule has 10 heteroatoms. The fraction of sp³-hybridized carbons (Fsp3) is 0.105. The zero-order valence-corrected chi connectivity index (χ0v) is 16.0. The summed E-state index contributed by atoms with van der Waals surface area (Å²) in [5.74, 6) is 0.150. The molecular formula is C19H16ClN8O+. The van der Waals surface area contributed by atoms with Gasteiger partial charge in [-0.2, -0.15) is 10.4 Å². The number of nitrogen functional groups attached to an aromatic ring is 1. The van der Waals surface area contributed by atoms with Crippen LogP contribution in [0.2, 0.25) is 5.15 Å². The highest BCUT2D eigenvalue weighted by atomic mass is 35.5. The summed E-state index contributed by atoms with van der Waals surface area (Å²) in [6.07, 6.45) is 2.66. The average molecular weight is 408 g/mol. The van der Waals surface area contributed by atoms with Gasteiger partial charge in [-0.1, -0.05) is 51.6 Å². The molecule has 0 aliphatic carbocycles. The molecule has 9 nitrogen and oxygen atoms in total. The van der Waals surface area contributed by atoms with Gasteiger partial charge in [0.25, 0.3) is 12.1 Å². The summed E-state index contributed by atoms with van der Waals surface area (Å²) in [5, 5.41) is 27.3. The third-order valence-corrected chi connectivity index (χ3v) is 4.75. The molecule has 1 atom stereocenters. The van der Waals surface area contributed by atoms with E-state index in [0.717, 1.165) is 17.5 Å². The Morgan fingerprint density at radius 3 is 2.79 bits per heavy atom. The highest BCUT2D eigenvalue weighted by Crippen LogP contribution is 2.30. The quantitative estimate of drug-likeness (QED) is 0.350. The molecule has 3 aromatic heterocycles. The van der Waals surface area contributed by atoms with E-state index in [1.807, 2.05) is 49.4 Å². The molecule has 0 aliphatic heterocycles. The maximum absolute atomic E-state index is 9.64. The van der Waals surface area contributed by atoms with Crippen LogP contribution in [0.1, 0.15) is 24.1 Å². The fourth-order valence-corrected chi connectivity index (χ4v) is 3.20. The van der Waals surface area contributed by atoms with Gasteiger partial charge in [0, 0.05) is 11.1 Å². The summed E-state index contributed by atoms with van der Waals surface area (Å²) in [5.41, 5.74) is 8.85. The molecule has 0 spiro atoms. The van der Waals surface area contributed by atoms with Crippen molar-refractivity contribution in [1.82, 2.24) is 19.6 Å². The maximum Gasteiger partial charge on any atom is 0.281 e. The van der Waals surface area contributed by atoms with Crippen molar-refractivity contribution in [2.45, 2.75) is 13.0 Å². The smallest absolute Gasteiger partial charge is 0.281 e. The molecule has 0 radical (unpaired) electrons. The van der Waals surface area contributed by atoms with Gasteiger partial charge in [-0.3, -0.25) is 0 Å². The number of anilines is 2. The zero-order chi connectivity index (χ0) is 20.5. The maximum atomic E-state index is 9.64. The number of rotatable bonds is 4. The number of halogens is 1. The first-order valence-electron chi connectivity index (χ1n) is 8.65. The topological polar surface area (TPSA) is 129 Å². The van der Waals surface area contributed by atoms with Crippen molar-refractivity contribution < 1.29 is 9.94 Å². The normalized spacial score (nSPS) is 11.9. The second-order valence-corrected chi connectivity index (χ2v) is 6.73. The predicted molar refractivity (Wildman–Crippen MR) is 106 cm³/mol. The molecule has 0 fully saturated rings. The Morgan fingerprint density at radius 2 is 2.07 bits per heavy atom. The first-order chi connectivity index (χ1) is 14.0. The van der Waals surface area contributed by atoms with Gasteiger partial charge in [0.15, 0.2) is 16.4 Å². The van der Waals surface area contributed by atoms with Crippen molar-refractivity contribution in [1.29, 1.82) is 5.26 Å². The number of nitriles is 1. The third kappa shape index (κ3) is 3.26. The van der Waals surface area contributed by atoms with E-state index in [4.69, 9.17) is 17.3 Å². The van der Waals surface area contributed by atoms with Crippen molar-refractivity contribution in [3.63, 3.8) is 0 Å². The van der Waals surface area contributed by atoms with Gasteiger partial charge in [0.05, 0.1) is 17.9 Å². The number of nitrogens with one attached hydrogen (secondary N) is 1. The lowest BCUT2D eigenvalue weighted by Gasteiger charge is -2.18. The molecule has 0 unspecified atom stereocenters. The summed E-state index contributed by atoms with van der Waals surface area (Å²) >= 11 is 6.20. The second kappa shape index (κ2) is 7.26. The Kier molecular flexibility index (Phi) is 4.62. The van der Waals surface area contributed by atoms with Gasteiger partial charge in [-0.25, -0.2) is 9.50 Å². The van der Waals surface area contributed by atoms with Crippen LogP contribution in [-0.2, 0) is 0 Å². The van der Waals surface area contributed by atoms with Crippen molar-refractivity contribution in [2.24, 2.45) is 0 Å². The van der Waals surface area contributed by atoms with E-state index in [2.05, 4.69) is 20.4 Å². The molecular weight excluding hydrogens is 392 g/mol. The van der Waals surface area contributed by atoms with Crippen molar-refractivity contribution in [2.75, 3.05) is 11.1 Å². The first-order valence-corrected chi connectivity index (χ1v) is 9.03. The molecule has 0 amide bonds. The minimum atomic E-state index is -0.313. The lowest BCUT2D eigenvalue weighted by molar-refractivity contribution is -0.895. The molecule has 4 aromatic rings. The number of benzene rings is 1. The summed E-state index contributed by atoms with van der Waals surface area (Å²) < 4.78 is 2.16. The van der Waals surface area contributed by atoms with E-state index in [1.54, 1.807) is 4.52 Å². The number of nitrogens with two attached hydrogens (primary N) is 1. The van der Waals surface area contributed by atoms with Crippen LogP contribution in [0.4, 0.5) is 11.6 Å². The van der Waals surface area contributed by atoms with Crippen LogP contribution in [0, 0.1) is 11.3 Å². The van der Waals surface area contributed by atoms with E-state index in [0.29, 0.717) is 21.2 Å². The van der Waals surface area contributed by atoms with Crippen LogP contribution in [0.5, 0.6) is 0 Å². The third-order valence-electron chi connectivity index (χ3n) is 4.50. The molecule has 3 heterocycles. The fourth-order valence-electron chi connectivity index (χ4n) is 3.03.